The molecule has 1 N–H and O–H groups in total. The maximum absolute atomic E-state index is 9.71. The van der Waals surface area contributed by atoms with Crippen LogP contribution in [-0.2, 0) is 0 Å². The molecule has 2 aliphatic rings. The lowest BCUT2D eigenvalue weighted by Crippen LogP contribution is -2.49. The first-order chi connectivity index (χ1) is 9.74. The van der Waals surface area contributed by atoms with Crippen LogP contribution in [0.15, 0.2) is 0 Å². The average Bonchev–Trinajstić information content (AvgIpc) is 3.16. The van der Waals surface area contributed by atoms with Gasteiger partial charge in [0.1, 0.15) is 5.54 Å². The highest BCUT2D eigenvalue weighted by Crippen LogP contribution is 2.40. The van der Waals surface area contributed by atoms with Gasteiger partial charge in [0.05, 0.1) is 6.07 Å². The molecule has 3 nitrogen and oxygen atoms in total. The number of hydrogen-bond acceptors (Lipinski definition) is 3. The zero-order chi connectivity index (χ0) is 14.4. The first-order valence-electron chi connectivity index (χ1n) is 8.65. The molecule has 20 heavy (non-hydrogen) atoms. The number of nitrogens with one attached hydrogen (secondary N) is 1. The lowest BCUT2D eigenvalue weighted by molar-refractivity contribution is 0.221. The summed E-state index contributed by atoms with van der Waals surface area (Å²) in [6, 6.07) is 3.29. The van der Waals surface area contributed by atoms with Gasteiger partial charge in [-0.3, -0.25) is 5.32 Å². The van der Waals surface area contributed by atoms with E-state index in [1.165, 1.54) is 64.6 Å². The molecule has 0 amide bonds. The third kappa shape index (κ3) is 3.96. The van der Waals surface area contributed by atoms with Crippen LogP contribution in [-0.4, -0.2) is 36.1 Å². The Labute approximate surface area is 124 Å². The second-order valence-electron chi connectivity index (χ2n) is 6.72. The monoisotopic (exact) mass is 277 g/mol. The van der Waals surface area contributed by atoms with Gasteiger partial charge in [-0.2, -0.15) is 5.26 Å². The van der Waals surface area contributed by atoms with Crippen LogP contribution in [0.4, 0.5) is 0 Å². The molecule has 0 aromatic heterocycles. The van der Waals surface area contributed by atoms with Gasteiger partial charge in [0.15, 0.2) is 0 Å². The molecule has 0 aliphatic heterocycles. The third-order valence-corrected chi connectivity index (χ3v) is 4.93. The van der Waals surface area contributed by atoms with Gasteiger partial charge in [0.25, 0.3) is 0 Å². The summed E-state index contributed by atoms with van der Waals surface area (Å²) < 4.78 is 0. The topological polar surface area (TPSA) is 39.1 Å². The Morgan fingerprint density at radius 2 is 1.85 bits per heavy atom. The van der Waals surface area contributed by atoms with Crippen LogP contribution in [0.2, 0.25) is 0 Å². The summed E-state index contributed by atoms with van der Waals surface area (Å²) in [4.78, 5) is 2.58. The Morgan fingerprint density at radius 3 is 2.40 bits per heavy atom. The van der Waals surface area contributed by atoms with E-state index in [0.29, 0.717) is 12.0 Å². The van der Waals surface area contributed by atoms with E-state index in [9.17, 15) is 5.26 Å². The van der Waals surface area contributed by atoms with Crippen LogP contribution in [0.25, 0.3) is 0 Å². The van der Waals surface area contributed by atoms with Crippen LogP contribution >= 0.6 is 0 Å². The molecule has 0 radical (unpaired) electrons. The normalized spacial score (nSPS) is 29.8. The molecule has 2 fully saturated rings. The number of nitriles is 1. The SMILES string of the molecule is CCCN(CCC)CCC1CCCC1(C#N)NC1CC1. The molecule has 2 unspecified atom stereocenters. The highest BCUT2D eigenvalue weighted by molar-refractivity contribution is 5.16. The van der Waals surface area contributed by atoms with Crippen molar-refractivity contribution in [1.29, 1.82) is 5.26 Å². The van der Waals surface area contributed by atoms with Gasteiger partial charge in [-0.15, -0.1) is 0 Å². The van der Waals surface area contributed by atoms with Gasteiger partial charge in [-0.1, -0.05) is 20.3 Å². The minimum absolute atomic E-state index is 0.203. The molecule has 0 aromatic rings. The summed E-state index contributed by atoms with van der Waals surface area (Å²) in [6.45, 7) is 8.09. The third-order valence-electron chi connectivity index (χ3n) is 4.93. The predicted molar refractivity (Wildman–Crippen MR) is 83.5 cm³/mol. The molecule has 114 valence electrons. The maximum Gasteiger partial charge on any atom is 0.109 e. The van der Waals surface area contributed by atoms with Crippen molar-refractivity contribution >= 4 is 0 Å². The van der Waals surface area contributed by atoms with Crippen molar-refractivity contribution in [1.82, 2.24) is 10.2 Å². The Balaban J connectivity index is 1.87. The molecule has 3 heteroatoms. The maximum atomic E-state index is 9.71. The Morgan fingerprint density at radius 1 is 1.15 bits per heavy atom. The molecule has 2 aliphatic carbocycles. The zero-order valence-electron chi connectivity index (χ0n) is 13.3. The van der Waals surface area contributed by atoms with Gasteiger partial charge in [-0.25, -0.2) is 0 Å². The quantitative estimate of drug-likeness (QED) is 0.703. The van der Waals surface area contributed by atoms with E-state index in [2.05, 4.69) is 30.1 Å². The second kappa shape index (κ2) is 7.43. The molecule has 2 rings (SSSR count). The van der Waals surface area contributed by atoms with Crippen molar-refractivity contribution in [2.45, 2.75) is 76.8 Å². The lowest BCUT2D eigenvalue weighted by Gasteiger charge is -2.32. The summed E-state index contributed by atoms with van der Waals surface area (Å²) >= 11 is 0. The van der Waals surface area contributed by atoms with Gasteiger partial charge < -0.3 is 4.90 Å². The zero-order valence-corrected chi connectivity index (χ0v) is 13.3. The van der Waals surface area contributed by atoms with Gasteiger partial charge >= 0.3 is 0 Å². The van der Waals surface area contributed by atoms with E-state index in [0.717, 1.165) is 6.42 Å². The second-order valence-corrected chi connectivity index (χ2v) is 6.72. The first-order valence-corrected chi connectivity index (χ1v) is 8.65. The highest BCUT2D eigenvalue weighted by Gasteiger charge is 2.45. The van der Waals surface area contributed by atoms with Crippen molar-refractivity contribution in [3.8, 4) is 6.07 Å². The molecular formula is C17H31N3. The van der Waals surface area contributed by atoms with Crippen molar-refractivity contribution in [2.75, 3.05) is 19.6 Å². The Kier molecular flexibility index (Phi) is 5.86. The molecule has 0 saturated heterocycles. The van der Waals surface area contributed by atoms with E-state index < -0.39 is 0 Å². The first kappa shape index (κ1) is 15.8. The largest absolute Gasteiger partial charge is 0.303 e. The van der Waals surface area contributed by atoms with Gasteiger partial charge in [-0.05, 0) is 70.5 Å². The fourth-order valence-corrected chi connectivity index (χ4v) is 3.74. The van der Waals surface area contributed by atoms with Crippen LogP contribution in [0.5, 0.6) is 0 Å². The van der Waals surface area contributed by atoms with Gasteiger partial charge in [0, 0.05) is 6.04 Å². The molecule has 0 spiro atoms. The van der Waals surface area contributed by atoms with Crippen molar-refractivity contribution < 1.29 is 0 Å². The Bertz CT molecular complexity index is 326. The number of hydrogen-bond donors (Lipinski definition) is 1. The fourth-order valence-electron chi connectivity index (χ4n) is 3.74. The summed E-state index contributed by atoms with van der Waals surface area (Å²) in [6.07, 6.45) is 9.71. The summed E-state index contributed by atoms with van der Waals surface area (Å²) in [5.74, 6) is 0.560. The van der Waals surface area contributed by atoms with Crippen LogP contribution in [0.3, 0.4) is 0 Å². The molecule has 0 bridgehead atoms. The lowest BCUT2D eigenvalue weighted by atomic mass is 9.85. The minimum Gasteiger partial charge on any atom is -0.303 e. The number of rotatable bonds is 9. The van der Waals surface area contributed by atoms with Crippen LogP contribution in [0, 0.1) is 17.2 Å². The van der Waals surface area contributed by atoms with Crippen molar-refractivity contribution in [3.05, 3.63) is 0 Å². The Hall–Kier alpha value is -0.590. The molecular weight excluding hydrogens is 246 g/mol. The van der Waals surface area contributed by atoms with E-state index >= 15 is 0 Å². The van der Waals surface area contributed by atoms with Crippen molar-refractivity contribution in [2.24, 2.45) is 5.92 Å². The smallest absolute Gasteiger partial charge is 0.109 e. The standard InChI is InChI=1S/C17H31N3/c1-3-11-20(12-4-2)13-9-15-6-5-10-17(15,14-18)19-16-7-8-16/h15-16,19H,3-13H2,1-2H3. The minimum atomic E-state index is -0.203. The summed E-state index contributed by atoms with van der Waals surface area (Å²) in [5, 5.41) is 13.4. The molecule has 0 heterocycles. The molecule has 0 aromatic carbocycles. The fraction of sp³-hybridized carbons (Fsp3) is 0.941. The number of nitrogens with zero attached hydrogens (tertiary/aromatic N) is 2. The summed E-state index contributed by atoms with van der Waals surface area (Å²) in [5.41, 5.74) is -0.203. The van der Waals surface area contributed by atoms with Gasteiger partial charge in [0.2, 0.25) is 0 Å². The van der Waals surface area contributed by atoms with Crippen LogP contribution in [0.1, 0.15) is 65.2 Å². The summed E-state index contributed by atoms with van der Waals surface area (Å²) in [7, 11) is 0. The van der Waals surface area contributed by atoms with E-state index in [1.54, 1.807) is 0 Å². The molecule has 2 atom stereocenters. The average molecular weight is 277 g/mol. The highest BCUT2D eigenvalue weighted by atomic mass is 15.1. The van der Waals surface area contributed by atoms with E-state index in [-0.39, 0.29) is 5.54 Å². The molecule has 2 saturated carbocycles. The van der Waals surface area contributed by atoms with Crippen LogP contribution < -0.4 is 5.32 Å². The van der Waals surface area contributed by atoms with Crippen molar-refractivity contribution in [3.63, 3.8) is 0 Å². The van der Waals surface area contributed by atoms with E-state index in [4.69, 9.17) is 0 Å². The van der Waals surface area contributed by atoms with E-state index in [1.807, 2.05) is 0 Å². The predicted octanol–water partition coefficient (Wildman–Crippen LogP) is 3.31.